The molecule has 0 aliphatic carbocycles. The number of likely N-dealkylation sites (tertiary alicyclic amines) is 1. The van der Waals surface area contributed by atoms with E-state index in [1.807, 2.05) is 13.8 Å². The molecule has 0 bridgehead atoms. The molecule has 120 valence electrons. The molecule has 1 spiro atoms. The summed E-state index contributed by atoms with van der Waals surface area (Å²) < 4.78 is 18.8. The fourth-order valence-electron chi connectivity index (χ4n) is 3.51. The third kappa shape index (κ3) is 2.42. The lowest BCUT2D eigenvalue weighted by Gasteiger charge is -2.30. The first kappa shape index (κ1) is 15.4. The molecule has 2 fully saturated rings. The van der Waals surface area contributed by atoms with Gasteiger partial charge >= 0.3 is 0 Å². The second-order valence-corrected chi connectivity index (χ2v) is 6.85. The summed E-state index contributed by atoms with van der Waals surface area (Å²) in [4.78, 5) is 14.6. The van der Waals surface area contributed by atoms with Crippen LogP contribution in [-0.2, 0) is 14.9 Å². The van der Waals surface area contributed by atoms with E-state index in [2.05, 4.69) is 0 Å². The summed E-state index contributed by atoms with van der Waals surface area (Å²) in [7, 11) is 0. The van der Waals surface area contributed by atoms with E-state index in [1.165, 1.54) is 12.1 Å². The molecule has 0 aromatic heterocycles. The maximum Gasteiger partial charge on any atom is 0.232 e. The highest BCUT2D eigenvalue weighted by Gasteiger charge is 2.52. The zero-order valence-electron chi connectivity index (χ0n) is 13.0. The number of nitrogens with zero attached hydrogens (tertiary/aromatic N) is 1. The standard InChI is InChI=1S/C17H22FNO3/c1-16(2,12-4-6-13(18)7-5-12)15(21)19-10-14(20)17(11-19)8-3-9-22-17/h4-7,14,20H,3,8-11H2,1-2H3/t14-,17-/m0/s1. The smallest absolute Gasteiger partial charge is 0.232 e. The van der Waals surface area contributed by atoms with E-state index in [0.717, 1.165) is 18.4 Å². The molecule has 0 saturated carbocycles. The average molecular weight is 307 g/mol. The summed E-state index contributed by atoms with van der Waals surface area (Å²) in [5, 5.41) is 10.3. The van der Waals surface area contributed by atoms with Crippen molar-refractivity contribution in [2.24, 2.45) is 0 Å². The highest BCUT2D eigenvalue weighted by molar-refractivity contribution is 5.87. The average Bonchev–Trinajstić information content (AvgIpc) is 3.08. The topological polar surface area (TPSA) is 49.8 Å². The summed E-state index contributed by atoms with van der Waals surface area (Å²) in [6, 6.07) is 6.01. The van der Waals surface area contributed by atoms with Gasteiger partial charge in [0.15, 0.2) is 0 Å². The van der Waals surface area contributed by atoms with Gasteiger partial charge in [0.05, 0.1) is 12.0 Å². The molecule has 4 nitrogen and oxygen atoms in total. The number of carbonyl (C=O) groups is 1. The van der Waals surface area contributed by atoms with E-state index in [4.69, 9.17) is 4.74 Å². The zero-order chi connectivity index (χ0) is 16.0. The second kappa shape index (κ2) is 5.32. The van der Waals surface area contributed by atoms with Crippen molar-refractivity contribution in [2.75, 3.05) is 19.7 Å². The molecule has 2 aliphatic rings. The van der Waals surface area contributed by atoms with Crippen LogP contribution in [0.2, 0.25) is 0 Å². The first-order valence-corrected chi connectivity index (χ1v) is 7.73. The Morgan fingerprint density at radius 2 is 2.09 bits per heavy atom. The highest BCUT2D eigenvalue weighted by atomic mass is 19.1. The van der Waals surface area contributed by atoms with E-state index in [-0.39, 0.29) is 11.7 Å². The van der Waals surface area contributed by atoms with Crippen molar-refractivity contribution >= 4 is 5.91 Å². The Bertz CT molecular complexity index is 564. The first-order valence-electron chi connectivity index (χ1n) is 7.73. The second-order valence-electron chi connectivity index (χ2n) is 6.85. The first-order chi connectivity index (χ1) is 10.3. The van der Waals surface area contributed by atoms with Crippen molar-refractivity contribution < 1.29 is 19.0 Å². The maximum absolute atomic E-state index is 13.1. The van der Waals surface area contributed by atoms with Crippen LogP contribution >= 0.6 is 0 Å². The molecule has 0 unspecified atom stereocenters. The number of benzene rings is 1. The third-order valence-electron chi connectivity index (χ3n) is 4.98. The zero-order valence-corrected chi connectivity index (χ0v) is 13.0. The molecule has 2 saturated heterocycles. The van der Waals surface area contributed by atoms with Gasteiger partial charge in [0.2, 0.25) is 5.91 Å². The van der Waals surface area contributed by atoms with Gasteiger partial charge in [0.25, 0.3) is 0 Å². The number of hydrogen-bond acceptors (Lipinski definition) is 3. The molecule has 2 aliphatic heterocycles. The number of carbonyl (C=O) groups excluding carboxylic acids is 1. The Morgan fingerprint density at radius 1 is 1.41 bits per heavy atom. The molecule has 22 heavy (non-hydrogen) atoms. The predicted octanol–water partition coefficient (Wildman–Crippen LogP) is 1.86. The van der Waals surface area contributed by atoms with E-state index >= 15 is 0 Å². The minimum absolute atomic E-state index is 0.0643. The predicted molar refractivity (Wildman–Crippen MR) is 79.9 cm³/mol. The summed E-state index contributed by atoms with van der Waals surface area (Å²) in [5.41, 5.74) is -0.590. The van der Waals surface area contributed by atoms with Gasteiger partial charge in [-0.05, 0) is 44.4 Å². The van der Waals surface area contributed by atoms with Crippen LogP contribution in [-0.4, -0.2) is 47.3 Å². The molecule has 1 N–H and O–H groups in total. The molecule has 0 radical (unpaired) electrons. The molecule has 2 heterocycles. The van der Waals surface area contributed by atoms with Crippen molar-refractivity contribution in [3.05, 3.63) is 35.6 Å². The minimum Gasteiger partial charge on any atom is -0.388 e. The van der Waals surface area contributed by atoms with Gasteiger partial charge in [-0.15, -0.1) is 0 Å². The van der Waals surface area contributed by atoms with Crippen LogP contribution in [0.4, 0.5) is 4.39 Å². The van der Waals surface area contributed by atoms with Gasteiger partial charge in [0.1, 0.15) is 17.5 Å². The number of rotatable bonds is 2. The van der Waals surface area contributed by atoms with Gasteiger partial charge in [-0.25, -0.2) is 4.39 Å². The van der Waals surface area contributed by atoms with Crippen LogP contribution in [0.15, 0.2) is 24.3 Å². The number of amides is 1. The minimum atomic E-state index is -0.766. The molecule has 1 aromatic carbocycles. The van der Waals surface area contributed by atoms with E-state index in [1.54, 1.807) is 17.0 Å². The summed E-state index contributed by atoms with van der Waals surface area (Å²) in [6.45, 7) is 5.02. The lowest BCUT2D eigenvalue weighted by Crippen LogP contribution is -2.44. The van der Waals surface area contributed by atoms with Crippen molar-refractivity contribution in [1.29, 1.82) is 0 Å². The summed E-state index contributed by atoms with van der Waals surface area (Å²) in [5.74, 6) is -0.382. The molecular weight excluding hydrogens is 285 g/mol. The lowest BCUT2D eigenvalue weighted by atomic mass is 9.83. The monoisotopic (exact) mass is 307 g/mol. The molecule has 5 heteroatoms. The Balaban J connectivity index is 1.80. The quantitative estimate of drug-likeness (QED) is 0.907. The van der Waals surface area contributed by atoms with Crippen LogP contribution in [0.3, 0.4) is 0 Å². The third-order valence-corrected chi connectivity index (χ3v) is 4.98. The number of aliphatic hydroxyl groups excluding tert-OH is 1. The molecule has 2 atom stereocenters. The Hall–Kier alpha value is -1.46. The highest BCUT2D eigenvalue weighted by Crippen LogP contribution is 2.37. The number of aliphatic hydroxyl groups is 1. The molecular formula is C17H22FNO3. The fraction of sp³-hybridized carbons (Fsp3) is 0.588. The van der Waals surface area contributed by atoms with E-state index < -0.39 is 17.1 Å². The van der Waals surface area contributed by atoms with Gasteiger partial charge in [0, 0.05) is 13.2 Å². The number of halogens is 1. The van der Waals surface area contributed by atoms with Crippen molar-refractivity contribution in [1.82, 2.24) is 4.90 Å². The lowest BCUT2D eigenvalue weighted by molar-refractivity contribution is -0.136. The van der Waals surface area contributed by atoms with E-state index in [9.17, 15) is 14.3 Å². The van der Waals surface area contributed by atoms with Crippen LogP contribution in [0, 0.1) is 5.82 Å². The normalized spacial score (nSPS) is 28.5. The van der Waals surface area contributed by atoms with Crippen molar-refractivity contribution in [3.8, 4) is 0 Å². The van der Waals surface area contributed by atoms with Crippen LogP contribution < -0.4 is 0 Å². The summed E-state index contributed by atoms with van der Waals surface area (Å²) >= 11 is 0. The molecule has 3 rings (SSSR count). The number of ether oxygens (including phenoxy) is 1. The Labute approximate surface area is 129 Å². The van der Waals surface area contributed by atoms with Gasteiger partial charge < -0.3 is 14.7 Å². The van der Waals surface area contributed by atoms with Gasteiger partial charge in [-0.2, -0.15) is 0 Å². The SMILES string of the molecule is CC(C)(C(=O)N1C[C@H](O)[C@]2(CCCO2)C1)c1ccc(F)cc1. The number of β-amino-alcohol motifs (C(OH)–C–C–N with tert-alkyl or cyclic N) is 1. The number of hydrogen-bond donors (Lipinski definition) is 1. The fourth-order valence-corrected chi connectivity index (χ4v) is 3.51. The van der Waals surface area contributed by atoms with E-state index in [0.29, 0.717) is 19.7 Å². The molecule has 1 aromatic rings. The summed E-state index contributed by atoms with van der Waals surface area (Å²) in [6.07, 6.45) is 1.07. The molecule has 1 amide bonds. The Kier molecular flexibility index (Phi) is 3.73. The van der Waals surface area contributed by atoms with Crippen LogP contribution in [0.5, 0.6) is 0 Å². The largest absolute Gasteiger partial charge is 0.388 e. The van der Waals surface area contributed by atoms with Gasteiger partial charge in [-0.3, -0.25) is 4.79 Å². The van der Waals surface area contributed by atoms with Crippen molar-refractivity contribution in [3.63, 3.8) is 0 Å². The Morgan fingerprint density at radius 3 is 2.68 bits per heavy atom. The maximum atomic E-state index is 13.1. The van der Waals surface area contributed by atoms with Crippen LogP contribution in [0.25, 0.3) is 0 Å². The van der Waals surface area contributed by atoms with Gasteiger partial charge in [-0.1, -0.05) is 12.1 Å². The van der Waals surface area contributed by atoms with Crippen molar-refractivity contribution in [2.45, 2.75) is 43.8 Å². The van der Waals surface area contributed by atoms with Crippen LogP contribution in [0.1, 0.15) is 32.3 Å².